The standard InChI is InChI=1S/C35H30Cl2N4O4S/c1-22-8-12-24-5-3-7-30(35(24)39-22)45-21-27-28(36)15-16-29(34(27)37)41(2)33(44)20-38-31(42)17-11-23-9-13-25(14-10-23)40-32(43)19-26-6-4-18-46-26/h3-18H,19-21H2,1-2H3,(H,38,42)(H,40,43)/b17-11+. The number of likely N-dealkylation sites (N-methyl/N-ethyl adjacent to an activating group) is 1. The normalized spacial score (nSPS) is 11.0. The molecule has 0 saturated carbocycles. The molecule has 0 aliphatic heterocycles. The van der Waals surface area contributed by atoms with E-state index < -0.39 is 5.91 Å². The van der Waals surface area contributed by atoms with Crippen LogP contribution >= 0.6 is 34.5 Å². The topological polar surface area (TPSA) is 101 Å². The van der Waals surface area contributed by atoms with Gasteiger partial charge in [0.2, 0.25) is 17.7 Å². The number of amides is 3. The van der Waals surface area contributed by atoms with E-state index in [-0.39, 0.29) is 30.0 Å². The number of carbonyl (C=O) groups is 3. The zero-order valence-electron chi connectivity index (χ0n) is 25.1. The predicted octanol–water partition coefficient (Wildman–Crippen LogP) is 7.46. The summed E-state index contributed by atoms with van der Waals surface area (Å²) in [6.07, 6.45) is 3.28. The molecular formula is C35H30Cl2N4O4S. The summed E-state index contributed by atoms with van der Waals surface area (Å²) in [4.78, 5) is 44.6. The number of anilines is 2. The Hall–Kier alpha value is -4.70. The van der Waals surface area contributed by atoms with E-state index in [1.165, 1.54) is 22.3 Å². The van der Waals surface area contributed by atoms with E-state index in [1.807, 2.05) is 54.8 Å². The molecule has 5 aromatic rings. The van der Waals surface area contributed by atoms with Crippen molar-refractivity contribution in [2.45, 2.75) is 20.0 Å². The summed E-state index contributed by atoms with van der Waals surface area (Å²) in [6, 6.07) is 23.8. The number of ether oxygens (including phenoxy) is 1. The Morgan fingerprint density at radius 2 is 1.78 bits per heavy atom. The minimum absolute atomic E-state index is 0.0618. The van der Waals surface area contributed by atoms with Crippen molar-refractivity contribution in [2.24, 2.45) is 0 Å². The maximum absolute atomic E-state index is 13.0. The van der Waals surface area contributed by atoms with Crippen molar-refractivity contribution in [1.29, 1.82) is 0 Å². The molecule has 0 aliphatic rings. The SMILES string of the molecule is Cc1ccc2cccc(OCc3c(Cl)ccc(N(C)C(=O)CNC(=O)/C=C/c4ccc(NC(=O)Cc5cccs5)cc4)c3Cl)c2n1. The van der Waals surface area contributed by atoms with Crippen LogP contribution in [-0.2, 0) is 27.4 Å². The average molecular weight is 674 g/mol. The Morgan fingerprint density at radius 3 is 2.54 bits per heavy atom. The van der Waals surface area contributed by atoms with Crippen LogP contribution < -0.4 is 20.3 Å². The van der Waals surface area contributed by atoms with Crippen LogP contribution in [0, 0.1) is 6.92 Å². The molecule has 0 saturated heterocycles. The molecule has 0 spiro atoms. The molecule has 2 aromatic heterocycles. The number of thiophene rings is 1. The van der Waals surface area contributed by atoms with Crippen LogP contribution in [0.4, 0.5) is 11.4 Å². The summed E-state index contributed by atoms with van der Waals surface area (Å²) < 4.78 is 6.08. The van der Waals surface area contributed by atoms with Gasteiger partial charge in [-0.2, -0.15) is 0 Å². The van der Waals surface area contributed by atoms with Crippen molar-refractivity contribution in [3.8, 4) is 5.75 Å². The Bertz CT molecular complexity index is 1910. The molecule has 5 rings (SSSR count). The highest BCUT2D eigenvalue weighted by molar-refractivity contribution is 7.10. The zero-order chi connectivity index (χ0) is 32.6. The Kier molecular flexibility index (Phi) is 10.7. The predicted molar refractivity (Wildman–Crippen MR) is 186 cm³/mol. The molecule has 0 fully saturated rings. The molecule has 0 unspecified atom stereocenters. The molecule has 0 bridgehead atoms. The van der Waals surface area contributed by atoms with Crippen LogP contribution in [0.1, 0.15) is 21.7 Å². The highest BCUT2D eigenvalue weighted by Crippen LogP contribution is 2.35. The fourth-order valence-corrected chi connectivity index (χ4v) is 5.87. The molecule has 0 atom stereocenters. The third-order valence-electron chi connectivity index (χ3n) is 7.05. The summed E-state index contributed by atoms with van der Waals surface area (Å²) in [5, 5.41) is 9.00. The number of nitrogens with zero attached hydrogens (tertiary/aromatic N) is 2. The van der Waals surface area contributed by atoms with Crippen molar-refractivity contribution in [1.82, 2.24) is 10.3 Å². The van der Waals surface area contributed by atoms with Crippen LogP contribution in [0.5, 0.6) is 5.75 Å². The second-order valence-electron chi connectivity index (χ2n) is 10.4. The third kappa shape index (κ3) is 8.31. The molecule has 0 radical (unpaired) electrons. The van der Waals surface area contributed by atoms with Gasteiger partial charge in [-0.1, -0.05) is 59.6 Å². The zero-order valence-corrected chi connectivity index (χ0v) is 27.4. The molecule has 0 aliphatic carbocycles. The quantitative estimate of drug-likeness (QED) is 0.142. The number of para-hydroxylation sites is 1. The monoisotopic (exact) mass is 672 g/mol. The highest BCUT2D eigenvalue weighted by atomic mass is 35.5. The lowest BCUT2D eigenvalue weighted by atomic mass is 10.1. The molecule has 2 heterocycles. The van der Waals surface area contributed by atoms with E-state index in [0.717, 1.165) is 27.0 Å². The van der Waals surface area contributed by atoms with Crippen LogP contribution in [0.2, 0.25) is 10.0 Å². The van der Waals surface area contributed by atoms with E-state index in [2.05, 4.69) is 15.6 Å². The first-order chi connectivity index (χ1) is 22.2. The number of hydrogen-bond donors (Lipinski definition) is 2. The molecule has 234 valence electrons. The number of aromatic nitrogens is 1. The van der Waals surface area contributed by atoms with Crippen molar-refractivity contribution >= 4 is 80.6 Å². The summed E-state index contributed by atoms with van der Waals surface area (Å²) in [5.41, 5.74) is 3.96. The largest absolute Gasteiger partial charge is 0.487 e. The molecule has 2 N–H and O–H groups in total. The lowest BCUT2D eigenvalue weighted by molar-refractivity contribution is -0.122. The van der Waals surface area contributed by atoms with Gasteiger partial charge in [-0.25, -0.2) is 4.98 Å². The number of benzene rings is 3. The Labute approximate surface area is 280 Å². The van der Waals surface area contributed by atoms with Gasteiger partial charge in [0, 0.05) is 45.4 Å². The van der Waals surface area contributed by atoms with Crippen molar-refractivity contribution < 1.29 is 19.1 Å². The fraction of sp³-hybridized carbons (Fsp3) is 0.143. The van der Waals surface area contributed by atoms with Gasteiger partial charge in [0.25, 0.3) is 0 Å². The lowest BCUT2D eigenvalue weighted by Crippen LogP contribution is -2.37. The number of fused-ring (bicyclic) bond motifs is 1. The number of nitrogens with one attached hydrogen (secondary N) is 2. The maximum Gasteiger partial charge on any atom is 0.246 e. The number of carbonyl (C=O) groups excluding carboxylic acids is 3. The van der Waals surface area contributed by atoms with Gasteiger partial charge in [-0.15, -0.1) is 11.3 Å². The summed E-state index contributed by atoms with van der Waals surface area (Å²) in [5.74, 6) is -0.330. The van der Waals surface area contributed by atoms with Gasteiger partial charge in [0.15, 0.2) is 0 Å². The van der Waals surface area contributed by atoms with E-state index in [0.29, 0.717) is 34.1 Å². The van der Waals surface area contributed by atoms with Gasteiger partial charge >= 0.3 is 0 Å². The summed E-state index contributed by atoms with van der Waals surface area (Å²) in [7, 11) is 1.57. The first-order valence-electron chi connectivity index (χ1n) is 14.3. The number of pyridine rings is 1. The molecular weight excluding hydrogens is 643 g/mol. The van der Waals surface area contributed by atoms with Gasteiger partial charge in [-0.3, -0.25) is 14.4 Å². The van der Waals surface area contributed by atoms with Crippen LogP contribution in [0.25, 0.3) is 17.0 Å². The molecule has 3 amide bonds. The van der Waals surface area contributed by atoms with E-state index >= 15 is 0 Å². The second kappa shape index (κ2) is 15.1. The number of hydrogen-bond acceptors (Lipinski definition) is 6. The van der Waals surface area contributed by atoms with Gasteiger partial charge in [0.05, 0.1) is 23.7 Å². The number of halogens is 2. The van der Waals surface area contributed by atoms with Gasteiger partial charge in [-0.05, 0) is 66.4 Å². The van der Waals surface area contributed by atoms with Crippen LogP contribution in [0.15, 0.2) is 90.3 Å². The molecule has 11 heteroatoms. The summed E-state index contributed by atoms with van der Waals surface area (Å²) >= 11 is 14.7. The van der Waals surface area contributed by atoms with Gasteiger partial charge in [0.1, 0.15) is 17.9 Å². The summed E-state index contributed by atoms with van der Waals surface area (Å²) in [6.45, 7) is 1.72. The second-order valence-corrected chi connectivity index (χ2v) is 12.2. The number of aryl methyl sites for hydroxylation is 1. The third-order valence-corrected chi connectivity index (χ3v) is 8.70. The van der Waals surface area contributed by atoms with Crippen molar-refractivity contribution in [3.63, 3.8) is 0 Å². The minimum Gasteiger partial charge on any atom is -0.487 e. The average Bonchev–Trinajstić information content (AvgIpc) is 3.56. The number of rotatable bonds is 11. The first kappa shape index (κ1) is 32.7. The molecule has 46 heavy (non-hydrogen) atoms. The lowest BCUT2D eigenvalue weighted by Gasteiger charge is -2.21. The van der Waals surface area contributed by atoms with Gasteiger partial charge < -0.3 is 20.3 Å². The van der Waals surface area contributed by atoms with Crippen LogP contribution in [0.3, 0.4) is 0 Å². The van der Waals surface area contributed by atoms with Crippen molar-refractivity contribution in [3.05, 3.63) is 122 Å². The fourth-order valence-electron chi connectivity index (χ4n) is 4.56. The Balaban J connectivity index is 1.14. The Morgan fingerprint density at radius 1 is 0.978 bits per heavy atom. The first-order valence-corrected chi connectivity index (χ1v) is 15.9. The van der Waals surface area contributed by atoms with Crippen LogP contribution in [-0.4, -0.2) is 36.3 Å². The minimum atomic E-state index is -0.440. The highest BCUT2D eigenvalue weighted by Gasteiger charge is 2.19. The molecule has 3 aromatic carbocycles. The van der Waals surface area contributed by atoms with E-state index in [9.17, 15) is 14.4 Å². The molecule has 8 nitrogen and oxygen atoms in total. The van der Waals surface area contributed by atoms with E-state index in [4.69, 9.17) is 27.9 Å². The smallest absolute Gasteiger partial charge is 0.246 e. The van der Waals surface area contributed by atoms with Crippen molar-refractivity contribution in [2.75, 3.05) is 23.8 Å². The maximum atomic E-state index is 13.0. The van der Waals surface area contributed by atoms with E-state index in [1.54, 1.807) is 49.5 Å².